The second kappa shape index (κ2) is 6.74. The predicted molar refractivity (Wildman–Crippen MR) is 103 cm³/mol. The molecule has 2 bridgehead atoms. The summed E-state index contributed by atoms with van der Waals surface area (Å²) < 4.78 is 0. The molecule has 1 saturated heterocycles. The number of benzene rings is 1. The van der Waals surface area contributed by atoms with Gasteiger partial charge in [-0.05, 0) is 55.2 Å². The number of nitrogens with zero attached hydrogens (tertiary/aromatic N) is 1. The van der Waals surface area contributed by atoms with Gasteiger partial charge in [-0.2, -0.15) is 0 Å². The van der Waals surface area contributed by atoms with Crippen molar-refractivity contribution in [2.75, 3.05) is 0 Å². The molecule has 0 aromatic heterocycles. The molecule has 29 heavy (non-hydrogen) atoms. The van der Waals surface area contributed by atoms with E-state index < -0.39 is 23.8 Å². The van der Waals surface area contributed by atoms with Crippen molar-refractivity contribution in [1.29, 1.82) is 0 Å². The molecule has 8 nitrogen and oxygen atoms in total. The summed E-state index contributed by atoms with van der Waals surface area (Å²) in [5.74, 6) is -0.673. The average molecular weight is 396 g/mol. The molecule has 2 aliphatic heterocycles. The van der Waals surface area contributed by atoms with Crippen LogP contribution in [-0.4, -0.2) is 46.7 Å². The van der Waals surface area contributed by atoms with Gasteiger partial charge < -0.3 is 11.1 Å². The molecule has 4 aliphatic rings. The van der Waals surface area contributed by atoms with Gasteiger partial charge in [0.25, 0.3) is 11.8 Å². The number of nitrogens with one attached hydrogen (secondary N) is 2. The Balaban J connectivity index is 1.29. The second-order valence-corrected chi connectivity index (χ2v) is 8.71. The lowest BCUT2D eigenvalue weighted by Gasteiger charge is -2.27. The maximum atomic E-state index is 12.9. The van der Waals surface area contributed by atoms with Crippen LogP contribution in [0.1, 0.15) is 58.4 Å². The first-order chi connectivity index (χ1) is 13.9. The molecule has 2 aliphatic carbocycles. The van der Waals surface area contributed by atoms with E-state index in [4.69, 9.17) is 5.73 Å². The highest BCUT2D eigenvalue weighted by Gasteiger charge is 2.45. The van der Waals surface area contributed by atoms with Crippen LogP contribution in [0.5, 0.6) is 0 Å². The molecule has 2 heterocycles. The molecule has 4 amide bonds. The second-order valence-electron chi connectivity index (χ2n) is 8.71. The van der Waals surface area contributed by atoms with Crippen molar-refractivity contribution in [3.8, 4) is 0 Å². The summed E-state index contributed by atoms with van der Waals surface area (Å²) in [5, 5.41) is 5.80. The number of carbonyl (C=O) groups is 4. The maximum absolute atomic E-state index is 12.9. The number of rotatable bonds is 4. The number of imide groups is 2. The fourth-order valence-electron chi connectivity index (χ4n) is 5.45. The van der Waals surface area contributed by atoms with Crippen LogP contribution in [0.2, 0.25) is 0 Å². The van der Waals surface area contributed by atoms with Crippen LogP contribution in [0.15, 0.2) is 18.2 Å². The van der Waals surface area contributed by atoms with E-state index in [1.807, 2.05) is 6.07 Å². The number of hydrogen-bond acceptors (Lipinski definition) is 6. The van der Waals surface area contributed by atoms with E-state index in [0.717, 1.165) is 23.3 Å². The Morgan fingerprint density at radius 3 is 2.52 bits per heavy atom. The highest BCUT2D eigenvalue weighted by Crippen LogP contribution is 2.44. The molecule has 3 fully saturated rings. The standard InChI is InChI=1S/C21H24N4O4/c22-15-7-12-6-11(15)8-16(12)23-9-10-1-2-13-14(5-10)21(29)25(20(13)28)17-3-4-18(26)24-19(17)27/h1-2,5,11-12,15-17,23H,3-4,6-9,22H2,(H,24,26,27). The largest absolute Gasteiger partial charge is 0.327 e. The van der Waals surface area contributed by atoms with Crippen molar-refractivity contribution >= 4 is 23.6 Å². The molecule has 152 valence electrons. The highest BCUT2D eigenvalue weighted by molar-refractivity contribution is 6.23. The van der Waals surface area contributed by atoms with Crippen LogP contribution in [0.3, 0.4) is 0 Å². The molecule has 1 aromatic rings. The van der Waals surface area contributed by atoms with Gasteiger partial charge in [0.2, 0.25) is 11.8 Å². The van der Waals surface area contributed by atoms with Crippen molar-refractivity contribution in [3.63, 3.8) is 0 Å². The van der Waals surface area contributed by atoms with Crippen molar-refractivity contribution in [1.82, 2.24) is 15.5 Å². The SMILES string of the molecule is NC1CC2CC1CC2NCc1ccc2c(c1)C(=O)N(C1CCC(=O)NC1=O)C2=O. The Bertz CT molecular complexity index is 927. The molecule has 5 rings (SSSR count). The van der Waals surface area contributed by atoms with Gasteiger partial charge in [-0.3, -0.25) is 29.4 Å². The topological polar surface area (TPSA) is 122 Å². The van der Waals surface area contributed by atoms with E-state index in [0.29, 0.717) is 41.6 Å². The first kappa shape index (κ1) is 18.4. The zero-order valence-electron chi connectivity index (χ0n) is 16.0. The number of piperidine rings is 1. The van der Waals surface area contributed by atoms with Crippen molar-refractivity contribution in [2.24, 2.45) is 17.6 Å². The van der Waals surface area contributed by atoms with Gasteiger partial charge in [0.05, 0.1) is 11.1 Å². The Hall–Kier alpha value is -2.58. The number of hydrogen-bond donors (Lipinski definition) is 3. The molecule has 5 atom stereocenters. The molecule has 0 spiro atoms. The van der Waals surface area contributed by atoms with Crippen LogP contribution in [0.25, 0.3) is 0 Å². The highest BCUT2D eigenvalue weighted by atomic mass is 16.2. The van der Waals surface area contributed by atoms with Crippen LogP contribution >= 0.6 is 0 Å². The summed E-state index contributed by atoms with van der Waals surface area (Å²) in [4.78, 5) is 50.1. The van der Waals surface area contributed by atoms with Crippen molar-refractivity contribution in [3.05, 3.63) is 34.9 Å². The van der Waals surface area contributed by atoms with E-state index in [9.17, 15) is 19.2 Å². The number of amides is 4. The first-order valence-electron chi connectivity index (χ1n) is 10.3. The van der Waals surface area contributed by atoms with Gasteiger partial charge in [0.1, 0.15) is 6.04 Å². The summed E-state index contributed by atoms with van der Waals surface area (Å²) in [5.41, 5.74) is 7.70. The van der Waals surface area contributed by atoms with Crippen LogP contribution in [0, 0.1) is 11.8 Å². The zero-order chi connectivity index (χ0) is 20.3. The van der Waals surface area contributed by atoms with Crippen molar-refractivity contribution in [2.45, 2.75) is 56.8 Å². The summed E-state index contributed by atoms with van der Waals surface area (Å²) >= 11 is 0. The predicted octanol–water partition coefficient (Wildman–Crippen LogP) is 0.303. The molecule has 1 aromatic carbocycles. The summed E-state index contributed by atoms with van der Waals surface area (Å²) in [7, 11) is 0. The Labute approximate surface area is 168 Å². The van der Waals surface area contributed by atoms with Gasteiger partial charge in [-0.15, -0.1) is 0 Å². The van der Waals surface area contributed by atoms with E-state index >= 15 is 0 Å². The quantitative estimate of drug-likeness (QED) is 0.630. The Kier molecular flexibility index (Phi) is 4.29. The van der Waals surface area contributed by atoms with Gasteiger partial charge in [0.15, 0.2) is 0 Å². The van der Waals surface area contributed by atoms with Gasteiger partial charge in [0, 0.05) is 25.0 Å². The minimum absolute atomic E-state index is 0.117. The third-order valence-corrected chi connectivity index (χ3v) is 6.98. The van der Waals surface area contributed by atoms with E-state index in [-0.39, 0.29) is 18.7 Å². The lowest BCUT2D eigenvalue weighted by molar-refractivity contribution is -0.136. The van der Waals surface area contributed by atoms with E-state index in [1.165, 1.54) is 6.42 Å². The lowest BCUT2D eigenvalue weighted by atomic mass is 9.91. The van der Waals surface area contributed by atoms with E-state index in [2.05, 4.69) is 10.6 Å². The molecular formula is C21H24N4O4. The van der Waals surface area contributed by atoms with Crippen LogP contribution < -0.4 is 16.4 Å². The number of carbonyl (C=O) groups excluding carboxylic acids is 4. The third-order valence-electron chi connectivity index (χ3n) is 6.98. The molecule has 5 unspecified atom stereocenters. The molecule has 0 radical (unpaired) electrons. The van der Waals surface area contributed by atoms with Gasteiger partial charge in [-0.1, -0.05) is 6.07 Å². The zero-order valence-corrected chi connectivity index (χ0v) is 16.0. The molecule has 8 heteroatoms. The monoisotopic (exact) mass is 396 g/mol. The van der Waals surface area contributed by atoms with E-state index in [1.54, 1.807) is 12.1 Å². The third kappa shape index (κ3) is 2.98. The average Bonchev–Trinajstić information content (AvgIpc) is 3.33. The molecule has 4 N–H and O–H groups in total. The van der Waals surface area contributed by atoms with Crippen LogP contribution in [0.4, 0.5) is 0 Å². The Morgan fingerprint density at radius 2 is 1.83 bits per heavy atom. The summed E-state index contributed by atoms with van der Waals surface area (Å²) in [6, 6.07) is 5.11. The minimum Gasteiger partial charge on any atom is -0.327 e. The number of fused-ring (bicyclic) bond motifs is 3. The normalized spacial score (nSPS) is 33.4. The fourth-order valence-corrected chi connectivity index (χ4v) is 5.45. The smallest absolute Gasteiger partial charge is 0.262 e. The Morgan fingerprint density at radius 1 is 1.03 bits per heavy atom. The fraction of sp³-hybridized carbons (Fsp3) is 0.524. The molecule has 2 saturated carbocycles. The van der Waals surface area contributed by atoms with Gasteiger partial charge in [-0.25, -0.2) is 0 Å². The summed E-state index contributed by atoms with van der Waals surface area (Å²) in [6.45, 7) is 0.621. The van der Waals surface area contributed by atoms with Gasteiger partial charge >= 0.3 is 0 Å². The summed E-state index contributed by atoms with van der Waals surface area (Å²) in [6.07, 6.45) is 3.64. The molecular weight excluding hydrogens is 372 g/mol. The van der Waals surface area contributed by atoms with Crippen molar-refractivity contribution < 1.29 is 19.2 Å². The maximum Gasteiger partial charge on any atom is 0.262 e. The lowest BCUT2D eigenvalue weighted by Crippen LogP contribution is -2.54. The number of nitrogens with two attached hydrogens (primary N) is 1. The minimum atomic E-state index is -0.931. The first-order valence-corrected chi connectivity index (χ1v) is 10.3. The van der Waals surface area contributed by atoms with Crippen LogP contribution in [-0.2, 0) is 16.1 Å².